The fourth-order valence-electron chi connectivity index (χ4n) is 3.13. The molecule has 1 aliphatic heterocycles. The van der Waals surface area contributed by atoms with Gasteiger partial charge in [0.1, 0.15) is 5.57 Å². The number of halogens is 1. The molecule has 0 spiro atoms. The lowest BCUT2D eigenvalue weighted by Gasteiger charge is -2.26. The van der Waals surface area contributed by atoms with Crippen LogP contribution >= 0.6 is 11.6 Å². The van der Waals surface area contributed by atoms with E-state index in [1.807, 2.05) is 0 Å². The molecule has 1 heterocycles. The highest BCUT2D eigenvalue weighted by Crippen LogP contribution is 2.37. The number of nitrogens with one attached hydrogen (secondary N) is 1. The topological polar surface area (TPSA) is 111 Å². The van der Waals surface area contributed by atoms with Crippen molar-refractivity contribution in [2.24, 2.45) is 0 Å². The van der Waals surface area contributed by atoms with Crippen LogP contribution in [0.25, 0.3) is 6.08 Å². The van der Waals surface area contributed by atoms with Gasteiger partial charge in [-0.2, -0.15) is 0 Å². The monoisotopic (exact) mass is 472 g/mol. The Kier molecular flexibility index (Phi) is 7.34. The van der Waals surface area contributed by atoms with Gasteiger partial charge in [-0.1, -0.05) is 11.6 Å². The number of imide groups is 2. The molecule has 0 aliphatic carbocycles. The van der Waals surface area contributed by atoms with Crippen molar-refractivity contribution in [2.45, 2.75) is 13.8 Å². The number of urea groups is 1. The SMILES string of the molecule is CCOC(=O)c1ccc(N2C(=O)NC(=O)/C(=C\c3cc(Cl)c(OCC)c(OC)c3)C2=O)cc1. The fraction of sp³-hybridized carbons (Fsp3) is 0.217. The molecule has 1 aliphatic rings. The Morgan fingerprint density at radius 3 is 2.39 bits per heavy atom. The van der Waals surface area contributed by atoms with E-state index in [4.69, 9.17) is 25.8 Å². The van der Waals surface area contributed by atoms with Gasteiger partial charge in [0, 0.05) is 0 Å². The summed E-state index contributed by atoms with van der Waals surface area (Å²) in [6.45, 7) is 4.05. The van der Waals surface area contributed by atoms with E-state index in [2.05, 4.69) is 5.32 Å². The molecule has 172 valence electrons. The first kappa shape index (κ1) is 23.8. The van der Waals surface area contributed by atoms with Gasteiger partial charge in [0.2, 0.25) is 0 Å². The van der Waals surface area contributed by atoms with E-state index in [0.29, 0.717) is 23.7 Å². The molecule has 9 nitrogen and oxygen atoms in total. The van der Waals surface area contributed by atoms with E-state index in [9.17, 15) is 19.2 Å². The van der Waals surface area contributed by atoms with Gasteiger partial charge in [0.25, 0.3) is 11.8 Å². The van der Waals surface area contributed by atoms with Crippen LogP contribution in [-0.2, 0) is 14.3 Å². The van der Waals surface area contributed by atoms with Crippen molar-refractivity contribution in [3.63, 3.8) is 0 Å². The summed E-state index contributed by atoms with van der Waals surface area (Å²) in [6, 6.07) is 7.82. The Morgan fingerprint density at radius 1 is 1.09 bits per heavy atom. The number of ether oxygens (including phenoxy) is 3. The van der Waals surface area contributed by atoms with Gasteiger partial charge in [0.05, 0.1) is 36.6 Å². The van der Waals surface area contributed by atoms with Gasteiger partial charge >= 0.3 is 12.0 Å². The van der Waals surface area contributed by atoms with Crippen molar-refractivity contribution in [2.75, 3.05) is 25.2 Å². The zero-order valence-electron chi connectivity index (χ0n) is 18.1. The Labute approximate surface area is 194 Å². The number of benzene rings is 2. The molecule has 1 fully saturated rings. The Balaban J connectivity index is 1.96. The molecule has 33 heavy (non-hydrogen) atoms. The number of anilines is 1. The number of amides is 4. The van der Waals surface area contributed by atoms with E-state index in [1.54, 1.807) is 19.9 Å². The lowest BCUT2D eigenvalue weighted by Crippen LogP contribution is -2.54. The molecule has 10 heteroatoms. The molecule has 0 aromatic heterocycles. The summed E-state index contributed by atoms with van der Waals surface area (Å²) in [5.41, 5.74) is 0.539. The van der Waals surface area contributed by atoms with Crippen LogP contribution in [-0.4, -0.2) is 44.1 Å². The Bertz CT molecular complexity index is 1140. The number of nitrogens with zero attached hydrogens (tertiary/aromatic N) is 1. The van der Waals surface area contributed by atoms with Crippen LogP contribution in [0, 0.1) is 0 Å². The highest BCUT2D eigenvalue weighted by Gasteiger charge is 2.37. The van der Waals surface area contributed by atoms with Crippen molar-refractivity contribution in [1.82, 2.24) is 5.32 Å². The quantitative estimate of drug-likeness (QED) is 0.372. The third kappa shape index (κ3) is 4.98. The van der Waals surface area contributed by atoms with Gasteiger partial charge < -0.3 is 14.2 Å². The van der Waals surface area contributed by atoms with Crippen LogP contribution in [0.4, 0.5) is 10.5 Å². The molecule has 1 saturated heterocycles. The van der Waals surface area contributed by atoms with E-state index in [1.165, 1.54) is 43.5 Å². The normalized spacial score (nSPS) is 14.8. The highest BCUT2D eigenvalue weighted by molar-refractivity contribution is 6.39. The number of carbonyl (C=O) groups is 4. The summed E-state index contributed by atoms with van der Waals surface area (Å²) in [5.74, 6) is -1.57. The molecule has 2 aromatic rings. The summed E-state index contributed by atoms with van der Waals surface area (Å²) >= 11 is 6.27. The summed E-state index contributed by atoms with van der Waals surface area (Å²) < 4.78 is 15.7. The molecule has 1 N–H and O–H groups in total. The summed E-state index contributed by atoms with van der Waals surface area (Å²) in [6.07, 6.45) is 1.30. The number of hydrogen-bond donors (Lipinski definition) is 1. The number of rotatable bonds is 7. The van der Waals surface area contributed by atoms with Crippen molar-refractivity contribution in [1.29, 1.82) is 0 Å². The third-order valence-electron chi connectivity index (χ3n) is 4.59. The van der Waals surface area contributed by atoms with E-state index < -0.39 is 23.8 Å². The van der Waals surface area contributed by atoms with Crippen LogP contribution in [0.3, 0.4) is 0 Å². The summed E-state index contributed by atoms with van der Waals surface area (Å²) in [7, 11) is 1.43. The second kappa shape index (κ2) is 10.2. The molecule has 2 aromatic carbocycles. The largest absolute Gasteiger partial charge is 0.493 e. The minimum Gasteiger partial charge on any atom is -0.493 e. The zero-order valence-corrected chi connectivity index (χ0v) is 18.9. The Morgan fingerprint density at radius 2 is 1.79 bits per heavy atom. The Hall–Kier alpha value is -3.85. The first-order valence-corrected chi connectivity index (χ1v) is 10.4. The van der Waals surface area contributed by atoms with Gasteiger partial charge in [0.15, 0.2) is 11.5 Å². The van der Waals surface area contributed by atoms with Crippen LogP contribution in [0.5, 0.6) is 11.5 Å². The molecular formula is C23H21ClN2O7. The number of esters is 1. The second-order valence-electron chi connectivity index (χ2n) is 6.69. The van der Waals surface area contributed by atoms with Gasteiger partial charge in [-0.15, -0.1) is 0 Å². The average Bonchev–Trinajstić information content (AvgIpc) is 2.78. The van der Waals surface area contributed by atoms with Crippen LogP contribution in [0.15, 0.2) is 42.0 Å². The maximum atomic E-state index is 13.1. The first-order valence-electron chi connectivity index (χ1n) is 9.99. The van der Waals surface area contributed by atoms with Gasteiger partial charge in [-0.3, -0.25) is 14.9 Å². The number of hydrogen-bond acceptors (Lipinski definition) is 7. The standard InChI is InChI=1S/C23H21ClN2O7/c1-4-32-19-17(24)11-13(12-18(19)31-3)10-16-20(27)25-23(30)26(21(16)28)15-8-6-14(7-9-15)22(29)33-5-2/h6-12H,4-5H2,1-3H3,(H,25,27,30)/b16-10+. The second-order valence-corrected chi connectivity index (χ2v) is 7.10. The molecule has 3 rings (SSSR count). The number of methoxy groups -OCH3 is 1. The average molecular weight is 473 g/mol. The van der Waals surface area contributed by atoms with E-state index >= 15 is 0 Å². The molecule has 4 amide bonds. The van der Waals surface area contributed by atoms with Crippen LogP contribution in [0.2, 0.25) is 5.02 Å². The predicted octanol–water partition coefficient (Wildman–Crippen LogP) is 3.59. The molecule has 0 atom stereocenters. The van der Waals surface area contributed by atoms with E-state index in [-0.39, 0.29) is 28.5 Å². The maximum Gasteiger partial charge on any atom is 0.338 e. The minimum atomic E-state index is -0.909. The minimum absolute atomic E-state index is 0.172. The number of barbiturate groups is 1. The summed E-state index contributed by atoms with van der Waals surface area (Å²) in [5, 5.41) is 2.37. The van der Waals surface area contributed by atoms with Crippen molar-refractivity contribution < 1.29 is 33.4 Å². The molecule has 0 radical (unpaired) electrons. The van der Waals surface area contributed by atoms with Crippen LogP contribution in [0.1, 0.15) is 29.8 Å². The zero-order chi connectivity index (χ0) is 24.1. The molecule has 0 unspecified atom stereocenters. The lowest BCUT2D eigenvalue weighted by atomic mass is 10.1. The molecule has 0 bridgehead atoms. The van der Waals surface area contributed by atoms with Crippen molar-refractivity contribution >= 4 is 47.2 Å². The first-order chi connectivity index (χ1) is 15.8. The highest BCUT2D eigenvalue weighted by atomic mass is 35.5. The van der Waals surface area contributed by atoms with Crippen LogP contribution < -0.4 is 19.7 Å². The van der Waals surface area contributed by atoms with E-state index in [0.717, 1.165) is 4.90 Å². The molecular weight excluding hydrogens is 452 g/mol. The number of carbonyl (C=O) groups excluding carboxylic acids is 4. The molecule has 0 saturated carbocycles. The predicted molar refractivity (Wildman–Crippen MR) is 121 cm³/mol. The smallest absolute Gasteiger partial charge is 0.338 e. The lowest BCUT2D eigenvalue weighted by molar-refractivity contribution is -0.122. The fourth-order valence-corrected chi connectivity index (χ4v) is 3.40. The van der Waals surface area contributed by atoms with Gasteiger partial charge in [-0.05, 0) is 61.9 Å². The maximum absolute atomic E-state index is 13.1. The summed E-state index contributed by atoms with van der Waals surface area (Å²) in [4.78, 5) is 50.5. The van der Waals surface area contributed by atoms with Crippen molar-refractivity contribution in [3.05, 3.63) is 58.1 Å². The van der Waals surface area contributed by atoms with Gasteiger partial charge in [-0.25, -0.2) is 14.5 Å². The third-order valence-corrected chi connectivity index (χ3v) is 4.87. The van der Waals surface area contributed by atoms with Crippen molar-refractivity contribution in [3.8, 4) is 11.5 Å².